The van der Waals surface area contributed by atoms with Crippen LogP contribution in [-0.2, 0) is 14.2 Å². The maximum atomic E-state index is 12.5. The highest BCUT2D eigenvalue weighted by molar-refractivity contribution is 5.96. The molecular weight excluding hydrogens is 464 g/mol. The third-order valence-corrected chi connectivity index (χ3v) is 6.14. The Kier molecular flexibility index (Phi) is 6.79. The minimum absolute atomic E-state index is 0.0875. The molecule has 1 amide bonds. The molecule has 2 saturated heterocycles. The van der Waals surface area contributed by atoms with Gasteiger partial charge in [0.15, 0.2) is 11.9 Å². The van der Waals surface area contributed by atoms with E-state index in [1.165, 1.54) is 6.92 Å². The van der Waals surface area contributed by atoms with E-state index >= 15 is 0 Å². The topological polar surface area (TPSA) is 121 Å². The predicted octanol–water partition coefficient (Wildman–Crippen LogP) is 3.55. The number of carbonyl (C=O) groups excluding carboxylic acids is 2. The number of ketones is 1. The zero-order valence-corrected chi connectivity index (χ0v) is 19.8. The van der Waals surface area contributed by atoms with Gasteiger partial charge in [0.1, 0.15) is 18.0 Å². The molecule has 2 aliphatic rings. The van der Waals surface area contributed by atoms with Crippen LogP contribution in [0, 0.1) is 0 Å². The van der Waals surface area contributed by atoms with Crippen LogP contribution in [0.3, 0.4) is 0 Å². The number of fused-ring (bicyclic) bond motifs is 1. The van der Waals surface area contributed by atoms with Crippen molar-refractivity contribution in [1.29, 1.82) is 0 Å². The number of carbonyl (C=O) groups is 2. The number of methoxy groups -OCH3 is 1. The summed E-state index contributed by atoms with van der Waals surface area (Å²) in [5.41, 5.74) is 2.68. The fraction of sp³-hybridized carbons (Fsp3) is 0.308. The molecule has 0 aliphatic carbocycles. The third kappa shape index (κ3) is 5.14. The summed E-state index contributed by atoms with van der Waals surface area (Å²) < 4.78 is 22.6. The van der Waals surface area contributed by atoms with Crippen molar-refractivity contribution in [2.75, 3.05) is 31.0 Å². The van der Waals surface area contributed by atoms with E-state index in [1.54, 1.807) is 37.6 Å². The van der Waals surface area contributed by atoms with Crippen LogP contribution < -0.4 is 15.4 Å². The van der Waals surface area contributed by atoms with Gasteiger partial charge < -0.3 is 24.3 Å². The molecule has 3 heterocycles. The first-order valence-corrected chi connectivity index (χ1v) is 11.6. The molecule has 3 aromatic rings. The number of Topliss-reactive ketones (excluding diaryl/α,β-unsaturated/α-hetero) is 1. The predicted molar refractivity (Wildman–Crippen MR) is 131 cm³/mol. The largest absolute Gasteiger partial charge is 0.497 e. The Hall–Kier alpha value is -4.02. The Morgan fingerprint density at radius 2 is 1.83 bits per heavy atom. The van der Waals surface area contributed by atoms with Crippen LogP contribution in [0.25, 0.3) is 11.3 Å². The summed E-state index contributed by atoms with van der Waals surface area (Å²) >= 11 is 0. The number of anilines is 2. The Morgan fingerprint density at radius 1 is 1.03 bits per heavy atom. The van der Waals surface area contributed by atoms with Gasteiger partial charge in [-0.3, -0.25) is 10.1 Å². The van der Waals surface area contributed by atoms with Crippen molar-refractivity contribution >= 4 is 23.5 Å². The molecule has 36 heavy (non-hydrogen) atoms. The number of nitrogens with one attached hydrogen (secondary N) is 2. The van der Waals surface area contributed by atoms with Crippen LogP contribution in [-0.4, -0.2) is 66.5 Å². The quantitative estimate of drug-likeness (QED) is 0.479. The van der Waals surface area contributed by atoms with Crippen LogP contribution in [0.1, 0.15) is 17.3 Å². The van der Waals surface area contributed by atoms with E-state index in [1.807, 2.05) is 30.3 Å². The van der Waals surface area contributed by atoms with Gasteiger partial charge in [0, 0.05) is 23.0 Å². The number of aromatic nitrogens is 2. The van der Waals surface area contributed by atoms with E-state index < -0.39 is 18.3 Å². The molecule has 4 unspecified atom stereocenters. The van der Waals surface area contributed by atoms with Crippen LogP contribution in [0.4, 0.5) is 16.4 Å². The second-order valence-electron chi connectivity index (χ2n) is 8.55. The lowest BCUT2D eigenvalue weighted by Gasteiger charge is -2.18. The molecule has 0 spiro atoms. The number of hydrogen-bond acceptors (Lipinski definition) is 9. The van der Waals surface area contributed by atoms with Gasteiger partial charge in [0.25, 0.3) is 0 Å². The molecule has 186 valence electrons. The van der Waals surface area contributed by atoms with E-state index in [4.69, 9.17) is 18.9 Å². The van der Waals surface area contributed by atoms with Gasteiger partial charge >= 0.3 is 6.09 Å². The molecule has 2 fully saturated rings. The summed E-state index contributed by atoms with van der Waals surface area (Å²) in [5.74, 6) is 1.14. The van der Waals surface area contributed by atoms with Crippen LogP contribution in [0.5, 0.6) is 5.75 Å². The van der Waals surface area contributed by atoms with Crippen molar-refractivity contribution in [3.05, 3.63) is 66.4 Å². The molecule has 2 aromatic carbocycles. The number of amides is 1. The normalized spacial score (nSPS) is 22.5. The lowest BCUT2D eigenvalue weighted by atomic mass is 10.1. The monoisotopic (exact) mass is 490 g/mol. The van der Waals surface area contributed by atoms with Gasteiger partial charge in [-0.05, 0) is 49.4 Å². The second-order valence-corrected chi connectivity index (χ2v) is 8.55. The zero-order valence-electron chi connectivity index (χ0n) is 19.8. The van der Waals surface area contributed by atoms with Crippen molar-refractivity contribution in [3.63, 3.8) is 0 Å². The van der Waals surface area contributed by atoms with E-state index in [0.29, 0.717) is 23.8 Å². The fourth-order valence-electron chi connectivity index (χ4n) is 4.31. The first kappa shape index (κ1) is 23.7. The average molecular weight is 491 g/mol. The second kappa shape index (κ2) is 10.3. The highest BCUT2D eigenvalue weighted by Gasteiger charge is 2.49. The molecule has 5 rings (SSSR count). The Labute approximate surface area is 207 Å². The Bertz CT molecular complexity index is 1250. The number of hydrogen-bond donors (Lipinski definition) is 2. The highest BCUT2D eigenvalue weighted by atomic mass is 16.6. The van der Waals surface area contributed by atoms with E-state index in [2.05, 4.69) is 20.6 Å². The summed E-state index contributed by atoms with van der Waals surface area (Å²) in [4.78, 5) is 33.0. The van der Waals surface area contributed by atoms with Gasteiger partial charge in [-0.15, -0.1) is 0 Å². The molecule has 0 bridgehead atoms. The number of benzene rings is 2. The number of ether oxygens (including phenoxy) is 4. The minimum atomic E-state index is -0.638. The van der Waals surface area contributed by atoms with Crippen molar-refractivity contribution in [2.45, 2.75) is 31.3 Å². The molecule has 0 saturated carbocycles. The summed E-state index contributed by atoms with van der Waals surface area (Å²) in [6, 6.07) is 15.9. The Balaban J connectivity index is 1.19. The van der Waals surface area contributed by atoms with Gasteiger partial charge in [-0.25, -0.2) is 14.8 Å². The van der Waals surface area contributed by atoms with E-state index in [-0.39, 0.29) is 24.5 Å². The number of rotatable bonds is 7. The molecule has 4 atom stereocenters. The van der Waals surface area contributed by atoms with Crippen molar-refractivity contribution in [1.82, 2.24) is 9.97 Å². The maximum Gasteiger partial charge on any atom is 0.412 e. The van der Waals surface area contributed by atoms with Gasteiger partial charge in [-0.2, -0.15) is 0 Å². The van der Waals surface area contributed by atoms with Crippen molar-refractivity contribution < 1.29 is 28.5 Å². The molecule has 10 heteroatoms. The van der Waals surface area contributed by atoms with Gasteiger partial charge in [0.2, 0.25) is 5.95 Å². The Morgan fingerprint density at radius 3 is 2.61 bits per heavy atom. The minimum Gasteiger partial charge on any atom is -0.497 e. The van der Waals surface area contributed by atoms with E-state index in [0.717, 1.165) is 17.0 Å². The molecule has 10 nitrogen and oxygen atoms in total. The lowest BCUT2D eigenvalue weighted by Crippen LogP contribution is -2.38. The molecule has 2 N–H and O–H groups in total. The molecule has 1 aromatic heterocycles. The summed E-state index contributed by atoms with van der Waals surface area (Å²) in [6.07, 6.45) is -0.252. The van der Waals surface area contributed by atoms with Crippen LogP contribution >= 0.6 is 0 Å². The zero-order chi connectivity index (χ0) is 25.1. The highest BCUT2D eigenvalue weighted by Crippen LogP contribution is 2.31. The van der Waals surface area contributed by atoms with Crippen LogP contribution in [0.2, 0.25) is 0 Å². The van der Waals surface area contributed by atoms with E-state index in [9.17, 15) is 9.59 Å². The average Bonchev–Trinajstić information content (AvgIpc) is 3.47. The van der Waals surface area contributed by atoms with Gasteiger partial charge in [-0.1, -0.05) is 12.1 Å². The van der Waals surface area contributed by atoms with Crippen molar-refractivity contribution in [2.24, 2.45) is 0 Å². The first-order valence-electron chi connectivity index (χ1n) is 11.6. The van der Waals surface area contributed by atoms with Gasteiger partial charge in [0.05, 0.1) is 32.1 Å². The summed E-state index contributed by atoms with van der Waals surface area (Å²) in [5, 5.41) is 5.95. The SMILES string of the molecule is COc1ccc(-c2ccnc(NC3COC4C(OC(=O)Nc5cccc(C(C)=O)c5)COC34)n2)cc1. The smallest absolute Gasteiger partial charge is 0.412 e. The standard InChI is InChI=1S/C26H26N4O6/c1-15(31)17-4-3-5-18(12-17)28-26(32)36-22-14-35-23-21(13-34-24(22)23)30-25-27-11-10-20(29-25)16-6-8-19(33-2)9-7-16/h3-12,21-24H,13-14H2,1-2H3,(H,28,32)(H,27,29,30). The summed E-state index contributed by atoms with van der Waals surface area (Å²) in [6.45, 7) is 2.03. The maximum absolute atomic E-state index is 12.5. The van der Waals surface area contributed by atoms with Crippen molar-refractivity contribution in [3.8, 4) is 17.0 Å². The molecule has 2 aliphatic heterocycles. The third-order valence-electron chi connectivity index (χ3n) is 6.14. The summed E-state index contributed by atoms with van der Waals surface area (Å²) in [7, 11) is 1.63. The number of nitrogens with zero attached hydrogens (tertiary/aromatic N) is 2. The lowest BCUT2D eigenvalue weighted by molar-refractivity contribution is 0.00916. The molecular formula is C26H26N4O6. The first-order chi connectivity index (χ1) is 17.5. The fourth-order valence-corrected chi connectivity index (χ4v) is 4.31. The molecule has 0 radical (unpaired) electrons. The van der Waals surface area contributed by atoms with Crippen LogP contribution in [0.15, 0.2) is 60.8 Å².